The minimum atomic E-state index is 0.460. The van der Waals surface area contributed by atoms with E-state index in [1.54, 1.807) is 6.21 Å². The number of halogens is 1. The van der Waals surface area contributed by atoms with Crippen molar-refractivity contribution in [2.75, 3.05) is 0 Å². The van der Waals surface area contributed by atoms with Crippen LogP contribution in [0.15, 0.2) is 53.7 Å². The summed E-state index contributed by atoms with van der Waals surface area (Å²) in [7, 11) is 0. The summed E-state index contributed by atoms with van der Waals surface area (Å²) in [6.45, 7) is 2.52. The van der Waals surface area contributed by atoms with Crippen molar-refractivity contribution < 1.29 is 4.84 Å². The minimum Gasteiger partial charge on any atom is -0.391 e. The molecule has 0 amide bonds. The van der Waals surface area contributed by atoms with Crippen LogP contribution in [0.5, 0.6) is 0 Å². The number of benzene rings is 2. The average Bonchev–Trinajstić information content (AvgIpc) is 2.39. The molecule has 0 heterocycles. The third kappa shape index (κ3) is 3.60. The first-order valence-electron chi connectivity index (χ1n) is 5.71. The molecule has 0 fully saturated rings. The fraction of sp³-hybridized carbons (Fsp3) is 0.133. The molecule has 0 aromatic heterocycles. The number of nitrogens with zero attached hydrogens (tertiary/aromatic N) is 1. The molecular weight excluding hydrogens is 246 g/mol. The number of rotatable bonds is 4. The van der Waals surface area contributed by atoms with Crippen LogP contribution in [0.4, 0.5) is 0 Å². The molecule has 0 bridgehead atoms. The monoisotopic (exact) mass is 259 g/mol. The van der Waals surface area contributed by atoms with Crippen molar-refractivity contribution in [3.05, 3.63) is 70.2 Å². The zero-order valence-electron chi connectivity index (χ0n) is 10.1. The molecule has 0 aliphatic carbocycles. The van der Waals surface area contributed by atoms with E-state index in [2.05, 4.69) is 24.2 Å². The van der Waals surface area contributed by atoms with Crippen LogP contribution in [-0.4, -0.2) is 6.21 Å². The number of hydrogen-bond donors (Lipinski definition) is 0. The average molecular weight is 260 g/mol. The third-order valence-corrected chi connectivity index (χ3v) is 2.87. The van der Waals surface area contributed by atoms with E-state index in [1.807, 2.05) is 36.4 Å². The first-order valence-corrected chi connectivity index (χ1v) is 6.09. The van der Waals surface area contributed by atoms with Gasteiger partial charge in [-0.05, 0) is 18.6 Å². The van der Waals surface area contributed by atoms with Gasteiger partial charge in [0, 0.05) is 10.6 Å². The van der Waals surface area contributed by atoms with Gasteiger partial charge < -0.3 is 4.84 Å². The first kappa shape index (κ1) is 12.7. The SMILES string of the molecule is Cc1ccc(CON=Cc2ccccc2Cl)cc1. The molecule has 0 radical (unpaired) electrons. The predicted molar refractivity (Wildman–Crippen MR) is 75.0 cm³/mol. The first-order chi connectivity index (χ1) is 8.75. The standard InChI is InChI=1S/C15H14ClNO/c1-12-6-8-13(9-7-12)11-18-17-10-14-4-2-3-5-15(14)16/h2-10H,11H2,1H3. The van der Waals surface area contributed by atoms with Gasteiger partial charge in [-0.2, -0.15) is 0 Å². The Bertz CT molecular complexity index is 534. The number of oxime groups is 1. The van der Waals surface area contributed by atoms with Gasteiger partial charge in [-0.1, -0.05) is 64.8 Å². The topological polar surface area (TPSA) is 21.6 Å². The molecule has 2 aromatic rings. The second kappa shape index (κ2) is 6.22. The number of aryl methyl sites for hydroxylation is 1. The van der Waals surface area contributed by atoms with Crippen molar-refractivity contribution in [2.45, 2.75) is 13.5 Å². The van der Waals surface area contributed by atoms with Gasteiger partial charge in [0.05, 0.1) is 6.21 Å². The Morgan fingerprint density at radius 3 is 2.56 bits per heavy atom. The van der Waals surface area contributed by atoms with E-state index in [4.69, 9.17) is 16.4 Å². The molecule has 18 heavy (non-hydrogen) atoms. The Kier molecular flexibility index (Phi) is 4.37. The fourth-order valence-electron chi connectivity index (χ4n) is 1.47. The number of hydrogen-bond acceptors (Lipinski definition) is 2. The molecule has 0 saturated heterocycles. The molecule has 3 heteroatoms. The maximum atomic E-state index is 5.99. The Hall–Kier alpha value is -1.80. The summed E-state index contributed by atoms with van der Waals surface area (Å²) in [5, 5.41) is 4.58. The quantitative estimate of drug-likeness (QED) is 0.596. The molecule has 2 nitrogen and oxygen atoms in total. The Morgan fingerprint density at radius 2 is 1.83 bits per heavy atom. The lowest BCUT2D eigenvalue weighted by Gasteiger charge is -2.00. The van der Waals surface area contributed by atoms with Crippen molar-refractivity contribution in [2.24, 2.45) is 5.16 Å². The maximum Gasteiger partial charge on any atom is 0.142 e. The summed E-state index contributed by atoms with van der Waals surface area (Å²) in [4.78, 5) is 5.23. The van der Waals surface area contributed by atoms with Crippen LogP contribution < -0.4 is 0 Å². The van der Waals surface area contributed by atoms with Crippen molar-refractivity contribution in [3.63, 3.8) is 0 Å². The smallest absolute Gasteiger partial charge is 0.142 e. The van der Waals surface area contributed by atoms with Gasteiger partial charge in [0.1, 0.15) is 6.61 Å². The Balaban J connectivity index is 1.89. The lowest BCUT2D eigenvalue weighted by Crippen LogP contribution is -1.89. The molecule has 0 aliphatic heterocycles. The normalized spacial score (nSPS) is 10.8. The van der Waals surface area contributed by atoms with E-state index in [9.17, 15) is 0 Å². The van der Waals surface area contributed by atoms with Crippen molar-refractivity contribution in [3.8, 4) is 0 Å². The van der Waals surface area contributed by atoms with Crippen LogP contribution in [0.3, 0.4) is 0 Å². The molecule has 0 spiro atoms. The Morgan fingerprint density at radius 1 is 1.11 bits per heavy atom. The highest BCUT2D eigenvalue weighted by molar-refractivity contribution is 6.33. The van der Waals surface area contributed by atoms with E-state index in [1.165, 1.54) is 5.56 Å². The largest absolute Gasteiger partial charge is 0.391 e. The zero-order valence-corrected chi connectivity index (χ0v) is 10.9. The summed E-state index contributed by atoms with van der Waals surface area (Å²) in [5.74, 6) is 0. The van der Waals surface area contributed by atoms with E-state index < -0.39 is 0 Å². The van der Waals surface area contributed by atoms with E-state index >= 15 is 0 Å². The molecule has 0 aliphatic rings. The van der Waals surface area contributed by atoms with Crippen LogP contribution in [-0.2, 0) is 11.4 Å². The molecule has 0 atom stereocenters. The molecular formula is C15H14ClNO. The van der Waals surface area contributed by atoms with Crippen molar-refractivity contribution in [1.29, 1.82) is 0 Å². The van der Waals surface area contributed by atoms with Gasteiger partial charge >= 0.3 is 0 Å². The highest BCUT2D eigenvalue weighted by Gasteiger charge is 1.95. The lowest BCUT2D eigenvalue weighted by molar-refractivity contribution is 0.132. The van der Waals surface area contributed by atoms with Crippen LogP contribution >= 0.6 is 11.6 Å². The molecule has 0 saturated carbocycles. The van der Waals surface area contributed by atoms with Gasteiger partial charge in [-0.3, -0.25) is 0 Å². The van der Waals surface area contributed by atoms with Crippen LogP contribution in [0.25, 0.3) is 0 Å². The van der Waals surface area contributed by atoms with Crippen molar-refractivity contribution >= 4 is 17.8 Å². The molecule has 0 N–H and O–H groups in total. The lowest BCUT2D eigenvalue weighted by atomic mass is 10.2. The fourth-order valence-corrected chi connectivity index (χ4v) is 1.65. The summed E-state index contributed by atoms with van der Waals surface area (Å²) in [6.07, 6.45) is 1.62. The summed E-state index contributed by atoms with van der Waals surface area (Å²) >= 11 is 5.99. The third-order valence-electron chi connectivity index (χ3n) is 2.52. The summed E-state index contributed by atoms with van der Waals surface area (Å²) < 4.78 is 0. The van der Waals surface area contributed by atoms with Gasteiger partial charge in [-0.15, -0.1) is 0 Å². The minimum absolute atomic E-state index is 0.460. The van der Waals surface area contributed by atoms with E-state index in [-0.39, 0.29) is 0 Å². The van der Waals surface area contributed by atoms with Crippen LogP contribution in [0.1, 0.15) is 16.7 Å². The predicted octanol–water partition coefficient (Wildman–Crippen LogP) is 4.20. The second-order valence-corrected chi connectivity index (χ2v) is 4.42. The molecule has 92 valence electrons. The van der Waals surface area contributed by atoms with Gasteiger partial charge in [0.2, 0.25) is 0 Å². The van der Waals surface area contributed by atoms with Crippen LogP contribution in [0.2, 0.25) is 5.02 Å². The summed E-state index contributed by atoms with van der Waals surface area (Å²) in [6, 6.07) is 15.7. The maximum absolute atomic E-state index is 5.99. The highest BCUT2D eigenvalue weighted by atomic mass is 35.5. The van der Waals surface area contributed by atoms with E-state index in [0.717, 1.165) is 11.1 Å². The van der Waals surface area contributed by atoms with Gasteiger partial charge in [0.15, 0.2) is 0 Å². The zero-order chi connectivity index (χ0) is 12.8. The van der Waals surface area contributed by atoms with Crippen molar-refractivity contribution in [1.82, 2.24) is 0 Å². The van der Waals surface area contributed by atoms with Gasteiger partial charge in [0.25, 0.3) is 0 Å². The molecule has 2 aromatic carbocycles. The van der Waals surface area contributed by atoms with Gasteiger partial charge in [-0.25, -0.2) is 0 Å². The van der Waals surface area contributed by atoms with E-state index in [0.29, 0.717) is 11.6 Å². The Labute approximate surface area is 112 Å². The summed E-state index contributed by atoms with van der Waals surface area (Å²) in [5.41, 5.74) is 3.18. The second-order valence-electron chi connectivity index (χ2n) is 4.02. The molecule has 2 rings (SSSR count). The molecule has 0 unspecified atom stereocenters. The highest BCUT2D eigenvalue weighted by Crippen LogP contribution is 2.12. The van der Waals surface area contributed by atoms with Crippen LogP contribution in [0, 0.1) is 6.92 Å².